The van der Waals surface area contributed by atoms with E-state index in [1.165, 1.54) is 5.56 Å². The fourth-order valence-corrected chi connectivity index (χ4v) is 3.01. The van der Waals surface area contributed by atoms with E-state index in [-0.39, 0.29) is 5.92 Å². The highest BCUT2D eigenvalue weighted by Gasteiger charge is 2.43. The molecule has 0 radical (unpaired) electrons. The minimum absolute atomic E-state index is 0.170. The summed E-state index contributed by atoms with van der Waals surface area (Å²) in [5.41, 5.74) is 1.71. The molecular formula is C13H17NO2. The van der Waals surface area contributed by atoms with Crippen molar-refractivity contribution in [2.75, 3.05) is 13.2 Å². The molecular weight excluding hydrogens is 202 g/mol. The number of aryl methyl sites for hydroxylation is 1. The van der Waals surface area contributed by atoms with Gasteiger partial charge in [-0.3, -0.25) is 4.98 Å². The summed E-state index contributed by atoms with van der Waals surface area (Å²) in [5.74, 6) is 0.170. The lowest BCUT2D eigenvalue weighted by atomic mass is 9.81. The van der Waals surface area contributed by atoms with Crippen molar-refractivity contribution in [2.45, 2.75) is 37.2 Å². The molecule has 1 N–H and O–H groups in total. The van der Waals surface area contributed by atoms with E-state index in [1.54, 1.807) is 0 Å². The maximum absolute atomic E-state index is 10.7. The van der Waals surface area contributed by atoms with Gasteiger partial charge in [-0.2, -0.15) is 0 Å². The van der Waals surface area contributed by atoms with Gasteiger partial charge < -0.3 is 9.84 Å². The zero-order chi connectivity index (χ0) is 11.0. The number of nitrogens with zero attached hydrogens (tertiary/aromatic N) is 1. The quantitative estimate of drug-likeness (QED) is 0.781. The third-order valence-electron chi connectivity index (χ3n) is 3.86. The summed E-state index contributed by atoms with van der Waals surface area (Å²) in [4.78, 5) is 4.45. The van der Waals surface area contributed by atoms with Gasteiger partial charge in [0.2, 0.25) is 0 Å². The SMILES string of the molecule is OC1(C2CCc3cccnc32)CCCOC1. The molecule has 0 spiro atoms. The molecule has 3 rings (SSSR count). The lowest BCUT2D eigenvalue weighted by Crippen LogP contribution is -2.43. The first-order valence-corrected chi connectivity index (χ1v) is 6.03. The van der Waals surface area contributed by atoms with Crippen molar-refractivity contribution in [3.05, 3.63) is 29.6 Å². The predicted octanol–water partition coefficient (Wildman–Crippen LogP) is 1.65. The van der Waals surface area contributed by atoms with Crippen molar-refractivity contribution < 1.29 is 9.84 Å². The summed E-state index contributed by atoms with van der Waals surface area (Å²) in [6, 6.07) is 4.10. The van der Waals surface area contributed by atoms with Crippen LogP contribution in [0.2, 0.25) is 0 Å². The van der Waals surface area contributed by atoms with Crippen LogP contribution in [0, 0.1) is 0 Å². The van der Waals surface area contributed by atoms with Gasteiger partial charge in [0.25, 0.3) is 0 Å². The average molecular weight is 219 g/mol. The minimum Gasteiger partial charge on any atom is -0.387 e. The summed E-state index contributed by atoms with van der Waals surface area (Å²) in [5, 5.41) is 10.7. The summed E-state index contributed by atoms with van der Waals surface area (Å²) in [7, 11) is 0. The van der Waals surface area contributed by atoms with E-state index in [0.717, 1.165) is 38.0 Å². The van der Waals surface area contributed by atoms with Crippen LogP contribution in [0.1, 0.15) is 36.4 Å². The van der Waals surface area contributed by atoms with Crippen molar-refractivity contribution in [3.8, 4) is 0 Å². The molecule has 1 saturated heterocycles. The molecule has 1 aliphatic heterocycles. The fourth-order valence-electron chi connectivity index (χ4n) is 3.01. The van der Waals surface area contributed by atoms with Crippen molar-refractivity contribution >= 4 is 0 Å². The number of hydrogen-bond donors (Lipinski definition) is 1. The second-order valence-corrected chi connectivity index (χ2v) is 4.90. The third-order valence-corrected chi connectivity index (χ3v) is 3.86. The number of hydrogen-bond acceptors (Lipinski definition) is 3. The number of pyridine rings is 1. The third kappa shape index (κ3) is 1.55. The Hall–Kier alpha value is -0.930. The van der Waals surface area contributed by atoms with Crippen LogP contribution in [-0.2, 0) is 11.2 Å². The van der Waals surface area contributed by atoms with Crippen LogP contribution in [0.5, 0.6) is 0 Å². The van der Waals surface area contributed by atoms with Gasteiger partial charge in [0.15, 0.2) is 0 Å². The van der Waals surface area contributed by atoms with Crippen LogP contribution < -0.4 is 0 Å². The molecule has 3 nitrogen and oxygen atoms in total. The van der Waals surface area contributed by atoms with Gasteiger partial charge in [-0.25, -0.2) is 0 Å². The molecule has 2 heterocycles. The van der Waals surface area contributed by atoms with Crippen LogP contribution in [-0.4, -0.2) is 28.9 Å². The Balaban J connectivity index is 1.91. The van der Waals surface area contributed by atoms with E-state index >= 15 is 0 Å². The molecule has 0 aromatic carbocycles. The zero-order valence-electron chi connectivity index (χ0n) is 9.35. The minimum atomic E-state index is -0.683. The van der Waals surface area contributed by atoms with E-state index in [0.29, 0.717) is 6.61 Å². The zero-order valence-corrected chi connectivity index (χ0v) is 9.35. The Morgan fingerprint density at radius 2 is 2.44 bits per heavy atom. The van der Waals surface area contributed by atoms with Crippen LogP contribution in [0.4, 0.5) is 0 Å². The van der Waals surface area contributed by atoms with Crippen molar-refractivity contribution in [1.82, 2.24) is 4.98 Å². The van der Waals surface area contributed by atoms with Gasteiger partial charge >= 0.3 is 0 Å². The van der Waals surface area contributed by atoms with E-state index in [1.807, 2.05) is 12.3 Å². The molecule has 1 fully saturated rings. The highest BCUT2D eigenvalue weighted by atomic mass is 16.5. The maximum atomic E-state index is 10.7. The molecule has 1 aromatic rings. The van der Waals surface area contributed by atoms with Crippen molar-refractivity contribution in [3.63, 3.8) is 0 Å². The first-order chi connectivity index (χ1) is 7.80. The van der Waals surface area contributed by atoms with E-state index in [9.17, 15) is 5.11 Å². The van der Waals surface area contributed by atoms with Gasteiger partial charge in [0, 0.05) is 24.4 Å². The maximum Gasteiger partial charge on any atom is 0.0964 e. The summed E-state index contributed by atoms with van der Waals surface area (Å²) in [6.45, 7) is 1.25. The van der Waals surface area contributed by atoms with Crippen LogP contribution in [0.15, 0.2) is 18.3 Å². The van der Waals surface area contributed by atoms with E-state index in [2.05, 4.69) is 11.1 Å². The molecule has 16 heavy (non-hydrogen) atoms. The van der Waals surface area contributed by atoms with Crippen molar-refractivity contribution in [2.24, 2.45) is 0 Å². The van der Waals surface area contributed by atoms with Gasteiger partial charge in [0.05, 0.1) is 12.2 Å². The van der Waals surface area contributed by atoms with Crippen LogP contribution in [0.25, 0.3) is 0 Å². The number of aliphatic hydroxyl groups is 1. The number of rotatable bonds is 1. The van der Waals surface area contributed by atoms with Crippen LogP contribution in [0.3, 0.4) is 0 Å². The Kier molecular flexibility index (Phi) is 2.45. The first kappa shape index (κ1) is 10.2. The highest BCUT2D eigenvalue weighted by Crippen LogP contribution is 2.42. The molecule has 2 unspecified atom stereocenters. The van der Waals surface area contributed by atoms with Gasteiger partial charge in [-0.15, -0.1) is 0 Å². The lowest BCUT2D eigenvalue weighted by molar-refractivity contribution is -0.101. The fraction of sp³-hybridized carbons (Fsp3) is 0.615. The second kappa shape index (κ2) is 3.82. The Bertz CT molecular complexity index is 385. The number of ether oxygens (including phenoxy) is 1. The Morgan fingerprint density at radius 3 is 3.25 bits per heavy atom. The van der Waals surface area contributed by atoms with Crippen molar-refractivity contribution in [1.29, 1.82) is 0 Å². The topological polar surface area (TPSA) is 42.4 Å². The number of fused-ring (bicyclic) bond motifs is 1. The van der Waals surface area contributed by atoms with Gasteiger partial charge in [-0.05, 0) is 37.3 Å². The molecule has 1 aliphatic carbocycles. The molecule has 86 valence electrons. The predicted molar refractivity (Wildman–Crippen MR) is 60.3 cm³/mol. The molecule has 0 amide bonds. The number of aromatic nitrogens is 1. The molecule has 3 heteroatoms. The lowest BCUT2D eigenvalue weighted by Gasteiger charge is -2.37. The first-order valence-electron chi connectivity index (χ1n) is 6.03. The second-order valence-electron chi connectivity index (χ2n) is 4.90. The summed E-state index contributed by atoms with van der Waals surface area (Å²) in [6.07, 6.45) is 5.66. The smallest absolute Gasteiger partial charge is 0.0964 e. The monoisotopic (exact) mass is 219 g/mol. The molecule has 0 saturated carbocycles. The van der Waals surface area contributed by atoms with E-state index in [4.69, 9.17) is 4.74 Å². The normalized spacial score (nSPS) is 33.7. The van der Waals surface area contributed by atoms with E-state index < -0.39 is 5.60 Å². The average Bonchev–Trinajstić information content (AvgIpc) is 2.74. The Morgan fingerprint density at radius 1 is 1.50 bits per heavy atom. The summed E-state index contributed by atoms with van der Waals surface area (Å²) >= 11 is 0. The van der Waals surface area contributed by atoms with Crippen LogP contribution >= 0.6 is 0 Å². The standard InChI is InChI=1S/C13H17NO2/c15-13(6-2-8-16-9-13)11-5-4-10-3-1-7-14-12(10)11/h1,3,7,11,15H,2,4-6,8-9H2. The molecule has 2 atom stereocenters. The molecule has 1 aromatic heterocycles. The Labute approximate surface area is 95.5 Å². The largest absolute Gasteiger partial charge is 0.387 e. The highest BCUT2D eigenvalue weighted by molar-refractivity contribution is 5.31. The van der Waals surface area contributed by atoms with Gasteiger partial charge in [-0.1, -0.05) is 6.07 Å². The molecule has 2 aliphatic rings. The van der Waals surface area contributed by atoms with Gasteiger partial charge in [0.1, 0.15) is 0 Å². The summed E-state index contributed by atoms with van der Waals surface area (Å²) < 4.78 is 5.43. The molecule has 0 bridgehead atoms.